The second-order valence-corrected chi connectivity index (χ2v) is 7.05. The Morgan fingerprint density at radius 1 is 1.26 bits per heavy atom. The molecule has 110 valence electrons. The smallest absolute Gasteiger partial charge is 0.226 e. The maximum absolute atomic E-state index is 12.8. The van der Waals surface area contributed by atoms with Gasteiger partial charge in [-0.1, -0.05) is 13.3 Å². The zero-order valence-corrected chi connectivity index (χ0v) is 12.9. The Bertz CT molecular complexity index is 342. The molecule has 2 N–H and O–H groups in total. The van der Waals surface area contributed by atoms with Crippen molar-refractivity contribution in [2.75, 3.05) is 26.7 Å². The number of carbonyl (C=O) groups is 1. The van der Waals surface area contributed by atoms with Gasteiger partial charge in [-0.15, -0.1) is 0 Å². The molecule has 0 aromatic rings. The number of nitrogens with two attached hydrogens (primary N) is 1. The van der Waals surface area contributed by atoms with Gasteiger partial charge < -0.3 is 10.6 Å². The van der Waals surface area contributed by atoms with Crippen molar-refractivity contribution in [2.24, 2.45) is 17.6 Å². The highest BCUT2D eigenvalue weighted by atomic mass is 16.2. The van der Waals surface area contributed by atoms with Gasteiger partial charge in [-0.25, -0.2) is 0 Å². The van der Waals surface area contributed by atoms with Crippen LogP contribution in [0.15, 0.2) is 0 Å². The van der Waals surface area contributed by atoms with E-state index in [1.54, 1.807) is 0 Å². The fourth-order valence-electron chi connectivity index (χ4n) is 3.41. The molecule has 2 rings (SSSR count). The number of carbonyl (C=O) groups excluding carboxylic acids is 1. The quantitative estimate of drug-likeness (QED) is 0.779. The van der Waals surface area contributed by atoms with Crippen LogP contribution in [0, 0.1) is 11.8 Å². The van der Waals surface area contributed by atoms with Crippen molar-refractivity contribution in [3.8, 4) is 0 Å². The third-order valence-electron chi connectivity index (χ3n) is 5.31. The standard InChI is InChI=1S/C15H29N3O/c1-11-12(6-5-7-13(11)16)14(19)18-9-8-17(4)15(2,3)10-18/h11-13H,5-10,16H2,1-4H3. The lowest BCUT2D eigenvalue weighted by Gasteiger charge is -2.47. The van der Waals surface area contributed by atoms with E-state index < -0.39 is 0 Å². The van der Waals surface area contributed by atoms with Crippen LogP contribution in [0.1, 0.15) is 40.0 Å². The van der Waals surface area contributed by atoms with Crippen LogP contribution in [0.4, 0.5) is 0 Å². The van der Waals surface area contributed by atoms with E-state index in [0.717, 1.165) is 38.9 Å². The summed E-state index contributed by atoms with van der Waals surface area (Å²) >= 11 is 0. The first kappa shape index (κ1) is 14.8. The number of amides is 1. The summed E-state index contributed by atoms with van der Waals surface area (Å²) in [5, 5.41) is 0. The minimum atomic E-state index is 0.0773. The largest absolute Gasteiger partial charge is 0.339 e. The predicted molar refractivity (Wildman–Crippen MR) is 77.8 cm³/mol. The number of hydrogen-bond donors (Lipinski definition) is 1. The summed E-state index contributed by atoms with van der Waals surface area (Å²) in [6.07, 6.45) is 3.18. The number of piperazine rings is 1. The summed E-state index contributed by atoms with van der Waals surface area (Å²) in [5.41, 5.74) is 6.21. The second kappa shape index (κ2) is 5.41. The second-order valence-electron chi connectivity index (χ2n) is 7.05. The Balaban J connectivity index is 2.03. The molecule has 0 radical (unpaired) electrons. The zero-order valence-electron chi connectivity index (χ0n) is 12.9. The number of nitrogens with zero attached hydrogens (tertiary/aromatic N) is 2. The van der Waals surface area contributed by atoms with Gasteiger partial charge in [0.25, 0.3) is 0 Å². The van der Waals surface area contributed by atoms with Crippen molar-refractivity contribution in [1.29, 1.82) is 0 Å². The summed E-state index contributed by atoms with van der Waals surface area (Å²) in [6.45, 7) is 9.22. The van der Waals surface area contributed by atoms with E-state index in [-0.39, 0.29) is 17.5 Å². The van der Waals surface area contributed by atoms with Crippen LogP contribution in [0.2, 0.25) is 0 Å². The minimum Gasteiger partial charge on any atom is -0.339 e. The molecule has 4 nitrogen and oxygen atoms in total. The van der Waals surface area contributed by atoms with Crippen LogP contribution >= 0.6 is 0 Å². The lowest BCUT2D eigenvalue weighted by Crippen LogP contribution is -2.60. The molecule has 1 saturated carbocycles. The molecule has 1 amide bonds. The molecule has 1 aliphatic heterocycles. The maximum atomic E-state index is 12.8. The predicted octanol–water partition coefficient (Wildman–Crippen LogP) is 1.30. The number of hydrogen-bond acceptors (Lipinski definition) is 3. The molecule has 0 bridgehead atoms. The lowest BCUT2D eigenvalue weighted by molar-refractivity contribution is -0.143. The van der Waals surface area contributed by atoms with Crippen molar-refractivity contribution < 1.29 is 4.79 Å². The Kier molecular flexibility index (Phi) is 4.21. The normalized spacial score (nSPS) is 36.3. The zero-order chi connectivity index (χ0) is 14.2. The van der Waals surface area contributed by atoms with E-state index in [2.05, 4.69) is 37.6 Å². The molecule has 4 heteroatoms. The van der Waals surface area contributed by atoms with Crippen LogP contribution in [0.25, 0.3) is 0 Å². The van der Waals surface area contributed by atoms with Gasteiger partial charge in [-0.05, 0) is 39.7 Å². The molecule has 0 aromatic carbocycles. The fourth-order valence-corrected chi connectivity index (χ4v) is 3.41. The monoisotopic (exact) mass is 267 g/mol. The lowest BCUT2D eigenvalue weighted by atomic mass is 9.76. The van der Waals surface area contributed by atoms with Crippen LogP contribution < -0.4 is 5.73 Å². The average molecular weight is 267 g/mol. The van der Waals surface area contributed by atoms with Crippen molar-refractivity contribution in [1.82, 2.24) is 9.80 Å². The number of likely N-dealkylation sites (N-methyl/N-ethyl adjacent to an activating group) is 1. The third-order valence-corrected chi connectivity index (χ3v) is 5.31. The maximum Gasteiger partial charge on any atom is 0.226 e. The molecule has 3 atom stereocenters. The summed E-state index contributed by atoms with van der Waals surface area (Å²) in [4.78, 5) is 17.2. The Hall–Kier alpha value is -0.610. The van der Waals surface area contributed by atoms with Gasteiger partial charge in [0, 0.05) is 37.1 Å². The highest BCUT2D eigenvalue weighted by Crippen LogP contribution is 2.31. The molecular formula is C15H29N3O. The van der Waals surface area contributed by atoms with Gasteiger partial charge in [-0.2, -0.15) is 0 Å². The van der Waals surface area contributed by atoms with Crippen molar-refractivity contribution >= 4 is 5.91 Å². The Labute approximate surface area is 117 Å². The Morgan fingerprint density at radius 2 is 1.95 bits per heavy atom. The van der Waals surface area contributed by atoms with Crippen LogP contribution in [0.5, 0.6) is 0 Å². The van der Waals surface area contributed by atoms with Gasteiger partial charge in [0.15, 0.2) is 0 Å². The summed E-state index contributed by atoms with van der Waals surface area (Å²) < 4.78 is 0. The molecule has 0 aromatic heterocycles. The fraction of sp³-hybridized carbons (Fsp3) is 0.933. The van der Waals surface area contributed by atoms with E-state index in [4.69, 9.17) is 5.73 Å². The molecule has 3 unspecified atom stereocenters. The van der Waals surface area contributed by atoms with E-state index in [0.29, 0.717) is 11.8 Å². The van der Waals surface area contributed by atoms with E-state index in [1.807, 2.05) is 0 Å². The van der Waals surface area contributed by atoms with E-state index in [9.17, 15) is 4.79 Å². The highest BCUT2D eigenvalue weighted by Gasteiger charge is 2.39. The topological polar surface area (TPSA) is 49.6 Å². The van der Waals surface area contributed by atoms with E-state index >= 15 is 0 Å². The van der Waals surface area contributed by atoms with Gasteiger partial charge in [-0.3, -0.25) is 9.69 Å². The summed E-state index contributed by atoms with van der Waals surface area (Å²) in [6, 6.07) is 0.197. The first-order valence-corrected chi connectivity index (χ1v) is 7.58. The van der Waals surface area contributed by atoms with Crippen LogP contribution in [0.3, 0.4) is 0 Å². The van der Waals surface area contributed by atoms with E-state index in [1.165, 1.54) is 0 Å². The van der Waals surface area contributed by atoms with Gasteiger partial charge in [0.1, 0.15) is 0 Å². The Morgan fingerprint density at radius 3 is 2.58 bits per heavy atom. The number of rotatable bonds is 1. The molecule has 1 saturated heterocycles. The molecule has 19 heavy (non-hydrogen) atoms. The first-order valence-electron chi connectivity index (χ1n) is 7.58. The molecule has 1 aliphatic carbocycles. The first-order chi connectivity index (χ1) is 8.83. The molecule has 1 heterocycles. The van der Waals surface area contributed by atoms with Crippen LogP contribution in [-0.4, -0.2) is 54.0 Å². The van der Waals surface area contributed by atoms with Gasteiger partial charge in [0.2, 0.25) is 5.91 Å². The SMILES string of the molecule is CC1C(N)CCCC1C(=O)N1CCN(C)C(C)(C)C1. The van der Waals surface area contributed by atoms with Crippen molar-refractivity contribution in [2.45, 2.75) is 51.6 Å². The highest BCUT2D eigenvalue weighted by molar-refractivity contribution is 5.79. The third kappa shape index (κ3) is 2.95. The average Bonchev–Trinajstić information content (AvgIpc) is 2.35. The minimum absolute atomic E-state index is 0.0773. The van der Waals surface area contributed by atoms with Crippen molar-refractivity contribution in [3.05, 3.63) is 0 Å². The molecule has 0 spiro atoms. The van der Waals surface area contributed by atoms with Crippen molar-refractivity contribution in [3.63, 3.8) is 0 Å². The molecule has 2 aliphatic rings. The van der Waals surface area contributed by atoms with Gasteiger partial charge >= 0.3 is 0 Å². The molecule has 2 fully saturated rings. The summed E-state index contributed by atoms with van der Waals surface area (Å²) in [7, 11) is 2.14. The molecular weight excluding hydrogens is 238 g/mol. The van der Waals surface area contributed by atoms with Gasteiger partial charge in [0.05, 0.1) is 0 Å². The summed E-state index contributed by atoms with van der Waals surface area (Å²) in [5.74, 6) is 0.802. The van der Waals surface area contributed by atoms with Crippen LogP contribution in [-0.2, 0) is 4.79 Å².